The van der Waals surface area contributed by atoms with Gasteiger partial charge in [-0.25, -0.2) is 9.78 Å². The van der Waals surface area contributed by atoms with Gasteiger partial charge in [-0.3, -0.25) is 0 Å². The highest BCUT2D eigenvalue weighted by Crippen LogP contribution is 2.43. The van der Waals surface area contributed by atoms with Crippen molar-refractivity contribution in [1.29, 1.82) is 0 Å². The van der Waals surface area contributed by atoms with Gasteiger partial charge in [-0.05, 0) is 40.8 Å². The van der Waals surface area contributed by atoms with Crippen LogP contribution < -0.4 is 10.4 Å². The summed E-state index contributed by atoms with van der Waals surface area (Å²) in [6.07, 6.45) is 3.85. The Balaban J connectivity index is 1.74. The fraction of sp³-hybridized carbons (Fsp3) is 0.333. The maximum Gasteiger partial charge on any atom is 0.368 e. The van der Waals surface area contributed by atoms with E-state index >= 15 is 0 Å². The molecule has 0 atom stereocenters. The largest absolute Gasteiger partial charge is 0.465 e. The van der Waals surface area contributed by atoms with Gasteiger partial charge in [0.25, 0.3) is 5.19 Å². The minimum Gasteiger partial charge on any atom is -0.465 e. The normalized spacial score (nSPS) is 14.1. The van der Waals surface area contributed by atoms with Crippen molar-refractivity contribution in [2.45, 2.75) is 25.4 Å². The molecule has 0 amide bonds. The van der Waals surface area contributed by atoms with Gasteiger partial charge in [0.05, 0.1) is 11.9 Å². The van der Waals surface area contributed by atoms with Gasteiger partial charge in [0.2, 0.25) is 0 Å². The van der Waals surface area contributed by atoms with Crippen LogP contribution >= 0.6 is 22.9 Å². The number of aromatic nitrogens is 5. The number of hydrogen-bond acceptors (Lipinski definition) is 6. The zero-order valence-electron chi connectivity index (χ0n) is 12.8. The van der Waals surface area contributed by atoms with Crippen molar-refractivity contribution in [3.63, 3.8) is 0 Å². The van der Waals surface area contributed by atoms with Crippen LogP contribution in [-0.4, -0.2) is 24.8 Å². The zero-order chi connectivity index (χ0) is 16.7. The molecule has 3 aromatic rings. The molecule has 1 aliphatic rings. The molecule has 0 bridgehead atoms. The Kier molecular flexibility index (Phi) is 3.85. The third kappa shape index (κ3) is 2.83. The van der Waals surface area contributed by atoms with Crippen LogP contribution in [0.1, 0.15) is 29.9 Å². The molecule has 0 aliphatic heterocycles. The highest BCUT2D eigenvalue weighted by atomic mass is 35.5. The lowest BCUT2D eigenvalue weighted by Crippen LogP contribution is -2.23. The van der Waals surface area contributed by atoms with E-state index in [2.05, 4.69) is 21.5 Å². The number of tetrazole rings is 1. The number of thiazole rings is 1. The van der Waals surface area contributed by atoms with Crippen LogP contribution in [-0.2, 0) is 13.7 Å². The molecule has 2 aromatic heterocycles. The van der Waals surface area contributed by atoms with Crippen molar-refractivity contribution in [3.05, 3.63) is 50.3 Å². The quantitative estimate of drug-likeness (QED) is 0.696. The zero-order valence-corrected chi connectivity index (χ0v) is 14.4. The predicted molar refractivity (Wildman–Crippen MR) is 90.0 cm³/mol. The first-order valence-corrected chi connectivity index (χ1v) is 8.68. The Morgan fingerprint density at radius 2 is 2.21 bits per heavy atom. The van der Waals surface area contributed by atoms with Crippen LogP contribution in [0.5, 0.6) is 5.19 Å². The minimum absolute atomic E-state index is 0.290. The van der Waals surface area contributed by atoms with Crippen molar-refractivity contribution in [3.8, 4) is 10.9 Å². The smallest absolute Gasteiger partial charge is 0.368 e. The molecular weight excluding hydrogens is 350 g/mol. The molecule has 4 rings (SSSR count). The molecule has 24 heavy (non-hydrogen) atoms. The lowest BCUT2D eigenvalue weighted by atomic mass is 10.0. The summed E-state index contributed by atoms with van der Waals surface area (Å²) in [6, 6.07) is 5.87. The van der Waals surface area contributed by atoms with Crippen molar-refractivity contribution in [1.82, 2.24) is 24.8 Å². The SMILES string of the molecule is Cn1nnn(-c2cccc(C3CC3)c2COc2ncc(Cl)s2)c1=O. The molecule has 0 unspecified atom stereocenters. The number of nitrogens with zero attached hydrogens (tertiary/aromatic N) is 5. The number of aryl methyl sites for hydroxylation is 1. The van der Waals surface area contributed by atoms with Crippen LogP contribution in [0, 0.1) is 0 Å². The summed E-state index contributed by atoms with van der Waals surface area (Å²) in [5.74, 6) is 0.510. The lowest BCUT2D eigenvalue weighted by Gasteiger charge is -2.13. The second kappa shape index (κ2) is 6.03. The molecule has 0 saturated heterocycles. The topological polar surface area (TPSA) is 74.8 Å². The van der Waals surface area contributed by atoms with E-state index in [1.807, 2.05) is 12.1 Å². The summed E-state index contributed by atoms with van der Waals surface area (Å²) in [5, 5.41) is 8.25. The predicted octanol–water partition coefficient (Wildman–Crippen LogP) is 2.53. The fourth-order valence-electron chi connectivity index (χ4n) is 2.63. The van der Waals surface area contributed by atoms with Gasteiger partial charge in [0.15, 0.2) is 0 Å². The standard InChI is InChI=1S/C15H14ClN5O2S/c1-20-15(22)21(19-18-20)12-4-2-3-10(9-5-6-9)11(12)8-23-14-17-7-13(16)24-14/h2-4,7,9H,5-6,8H2,1H3. The number of hydrogen-bond donors (Lipinski definition) is 0. The molecule has 1 saturated carbocycles. The maximum absolute atomic E-state index is 12.2. The van der Waals surface area contributed by atoms with E-state index in [1.54, 1.807) is 13.2 Å². The third-order valence-corrected chi connectivity index (χ3v) is 4.98. The van der Waals surface area contributed by atoms with E-state index < -0.39 is 0 Å². The van der Waals surface area contributed by atoms with E-state index in [0.717, 1.165) is 18.4 Å². The lowest BCUT2D eigenvalue weighted by molar-refractivity contribution is 0.302. The fourth-order valence-corrected chi connectivity index (χ4v) is 3.37. The molecule has 0 radical (unpaired) electrons. The molecule has 0 N–H and O–H groups in total. The van der Waals surface area contributed by atoms with Gasteiger partial charge in [-0.15, -0.1) is 0 Å². The number of benzene rings is 1. The molecule has 0 spiro atoms. The second-order valence-electron chi connectivity index (χ2n) is 5.64. The Morgan fingerprint density at radius 3 is 2.83 bits per heavy atom. The Hall–Kier alpha value is -2.19. The van der Waals surface area contributed by atoms with E-state index in [-0.39, 0.29) is 5.69 Å². The Bertz CT molecular complexity index is 943. The first-order chi connectivity index (χ1) is 11.6. The van der Waals surface area contributed by atoms with Crippen LogP contribution in [0.25, 0.3) is 5.69 Å². The highest BCUT2D eigenvalue weighted by Gasteiger charge is 2.28. The van der Waals surface area contributed by atoms with Crippen molar-refractivity contribution >= 4 is 22.9 Å². The second-order valence-corrected chi connectivity index (χ2v) is 7.26. The molecule has 7 nitrogen and oxygen atoms in total. The van der Waals surface area contributed by atoms with Crippen molar-refractivity contribution < 1.29 is 4.74 Å². The Labute approximate surface area is 146 Å². The molecular formula is C15H14ClN5O2S. The minimum atomic E-state index is -0.290. The summed E-state index contributed by atoms with van der Waals surface area (Å²) in [5.41, 5.74) is 2.53. The molecule has 124 valence electrons. The average molecular weight is 364 g/mol. The monoisotopic (exact) mass is 363 g/mol. The first kappa shape index (κ1) is 15.3. The summed E-state index contributed by atoms with van der Waals surface area (Å²) in [4.78, 5) is 16.3. The van der Waals surface area contributed by atoms with Crippen LogP contribution in [0.2, 0.25) is 4.34 Å². The maximum atomic E-state index is 12.2. The third-order valence-electron chi connectivity index (χ3n) is 3.95. The van der Waals surface area contributed by atoms with E-state index in [0.29, 0.717) is 27.7 Å². The number of halogens is 1. The van der Waals surface area contributed by atoms with Gasteiger partial charge in [-0.1, -0.05) is 35.1 Å². The summed E-state index contributed by atoms with van der Waals surface area (Å²) < 4.78 is 8.88. The van der Waals surface area contributed by atoms with Crippen LogP contribution in [0.4, 0.5) is 0 Å². The number of rotatable bonds is 5. The molecule has 1 aromatic carbocycles. The van der Waals surface area contributed by atoms with Gasteiger partial charge >= 0.3 is 5.69 Å². The van der Waals surface area contributed by atoms with Gasteiger partial charge in [0, 0.05) is 12.6 Å². The van der Waals surface area contributed by atoms with E-state index in [4.69, 9.17) is 16.3 Å². The van der Waals surface area contributed by atoms with Gasteiger partial charge in [0.1, 0.15) is 10.9 Å². The number of ether oxygens (including phenoxy) is 1. The molecule has 2 heterocycles. The van der Waals surface area contributed by atoms with Gasteiger partial charge < -0.3 is 4.74 Å². The Morgan fingerprint density at radius 1 is 1.38 bits per heavy atom. The van der Waals surface area contributed by atoms with Crippen molar-refractivity contribution in [2.24, 2.45) is 7.05 Å². The first-order valence-electron chi connectivity index (χ1n) is 7.49. The average Bonchev–Trinajstić information content (AvgIpc) is 3.27. The van der Waals surface area contributed by atoms with E-state index in [1.165, 1.54) is 26.3 Å². The summed E-state index contributed by atoms with van der Waals surface area (Å²) >= 11 is 7.17. The summed E-state index contributed by atoms with van der Waals surface area (Å²) in [7, 11) is 1.57. The van der Waals surface area contributed by atoms with Gasteiger partial charge in [-0.2, -0.15) is 9.36 Å². The van der Waals surface area contributed by atoms with E-state index in [9.17, 15) is 4.79 Å². The van der Waals surface area contributed by atoms with Crippen LogP contribution in [0.15, 0.2) is 29.2 Å². The molecule has 1 fully saturated rings. The van der Waals surface area contributed by atoms with Crippen molar-refractivity contribution in [2.75, 3.05) is 0 Å². The molecule has 1 aliphatic carbocycles. The highest BCUT2D eigenvalue weighted by molar-refractivity contribution is 7.17. The van der Waals surface area contributed by atoms with Crippen LogP contribution in [0.3, 0.4) is 0 Å². The summed E-state index contributed by atoms with van der Waals surface area (Å²) in [6.45, 7) is 0.300. The molecule has 9 heteroatoms.